The Morgan fingerprint density at radius 2 is 1.56 bits per heavy atom. The topological polar surface area (TPSA) is 12.0 Å². The lowest BCUT2D eigenvalue weighted by atomic mass is 9.94. The lowest BCUT2D eigenvalue weighted by Gasteiger charge is -2.14. The van der Waals surface area contributed by atoms with Crippen molar-refractivity contribution < 1.29 is 0 Å². The highest BCUT2D eigenvalue weighted by molar-refractivity contribution is 4.83. The molecule has 1 radical (unpaired) electrons. The number of rotatable bonds is 9. The SMILES string of the molecule is [C]#CC(C)CCCC(C)CCCC(C)NC. The summed E-state index contributed by atoms with van der Waals surface area (Å²) in [6.07, 6.45) is 14.6. The molecule has 0 fully saturated rings. The fraction of sp³-hybridized carbons (Fsp3) is 0.867. The zero-order valence-electron chi connectivity index (χ0n) is 11.5. The van der Waals surface area contributed by atoms with E-state index in [2.05, 4.69) is 32.0 Å². The fourth-order valence-electron chi connectivity index (χ4n) is 1.91. The van der Waals surface area contributed by atoms with Gasteiger partial charge in [-0.05, 0) is 39.2 Å². The third-order valence-electron chi connectivity index (χ3n) is 3.41. The van der Waals surface area contributed by atoms with Crippen LogP contribution in [0, 0.1) is 24.2 Å². The van der Waals surface area contributed by atoms with E-state index in [-0.39, 0.29) is 0 Å². The van der Waals surface area contributed by atoms with Gasteiger partial charge in [-0.1, -0.05) is 45.5 Å². The second-order valence-electron chi connectivity index (χ2n) is 5.20. The van der Waals surface area contributed by atoms with Crippen LogP contribution in [-0.4, -0.2) is 13.1 Å². The van der Waals surface area contributed by atoms with Crippen molar-refractivity contribution in [1.82, 2.24) is 5.32 Å². The molecule has 16 heavy (non-hydrogen) atoms. The molecule has 0 aromatic carbocycles. The lowest BCUT2D eigenvalue weighted by molar-refractivity contribution is 0.416. The van der Waals surface area contributed by atoms with Crippen LogP contribution < -0.4 is 5.32 Å². The molecular formula is C15H28N. The maximum atomic E-state index is 7.02. The summed E-state index contributed by atoms with van der Waals surface area (Å²) in [5.74, 6) is 3.73. The first-order valence-corrected chi connectivity index (χ1v) is 6.69. The predicted octanol–water partition coefficient (Wildman–Crippen LogP) is 3.80. The average molecular weight is 222 g/mol. The number of hydrogen-bond acceptors (Lipinski definition) is 1. The highest BCUT2D eigenvalue weighted by atomic mass is 14.8. The minimum atomic E-state index is 0.344. The van der Waals surface area contributed by atoms with E-state index in [1.165, 1.54) is 32.1 Å². The van der Waals surface area contributed by atoms with E-state index in [9.17, 15) is 0 Å². The van der Waals surface area contributed by atoms with Crippen molar-refractivity contribution >= 4 is 0 Å². The highest BCUT2D eigenvalue weighted by Gasteiger charge is 2.05. The van der Waals surface area contributed by atoms with Crippen LogP contribution in [0.25, 0.3) is 0 Å². The van der Waals surface area contributed by atoms with E-state index in [4.69, 9.17) is 6.42 Å². The molecule has 3 atom stereocenters. The van der Waals surface area contributed by atoms with Crippen molar-refractivity contribution in [2.75, 3.05) is 7.05 Å². The summed E-state index contributed by atoms with van der Waals surface area (Å²) in [7, 11) is 2.03. The number of nitrogens with one attached hydrogen (secondary N) is 1. The Morgan fingerprint density at radius 3 is 2.06 bits per heavy atom. The van der Waals surface area contributed by atoms with Gasteiger partial charge in [-0.3, -0.25) is 0 Å². The Morgan fingerprint density at radius 1 is 1.00 bits per heavy atom. The lowest BCUT2D eigenvalue weighted by Crippen LogP contribution is -2.20. The molecule has 0 spiro atoms. The Bertz CT molecular complexity index is 192. The molecule has 0 saturated carbocycles. The van der Waals surface area contributed by atoms with E-state index in [0.29, 0.717) is 12.0 Å². The van der Waals surface area contributed by atoms with Gasteiger partial charge in [0, 0.05) is 12.0 Å². The van der Waals surface area contributed by atoms with Gasteiger partial charge in [0.25, 0.3) is 0 Å². The van der Waals surface area contributed by atoms with Crippen LogP contribution in [0.3, 0.4) is 0 Å². The third kappa shape index (κ3) is 8.80. The molecule has 1 nitrogen and oxygen atoms in total. The zero-order chi connectivity index (χ0) is 12.4. The van der Waals surface area contributed by atoms with Gasteiger partial charge in [0.15, 0.2) is 0 Å². The monoisotopic (exact) mass is 222 g/mol. The minimum absolute atomic E-state index is 0.344. The van der Waals surface area contributed by atoms with Gasteiger partial charge in [-0.2, -0.15) is 0 Å². The van der Waals surface area contributed by atoms with E-state index >= 15 is 0 Å². The molecule has 0 aliphatic carbocycles. The van der Waals surface area contributed by atoms with Crippen molar-refractivity contribution in [3.05, 3.63) is 6.42 Å². The van der Waals surface area contributed by atoms with Gasteiger partial charge in [0.1, 0.15) is 0 Å². The van der Waals surface area contributed by atoms with E-state index in [1.807, 2.05) is 7.05 Å². The van der Waals surface area contributed by atoms with Crippen molar-refractivity contribution in [3.8, 4) is 5.92 Å². The summed E-state index contributed by atoms with van der Waals surface area (Å²) in [5.41, 5.74) is 0. The summed E-state index contributed by atoms with van der Waals surface area (Å²) in [6, 6.07) is 0.653. The molecule has 1 heteroatoms. The van der Waals surface area contributed by atoms with Gasteiger partial charge >= 0.3 is 0 Å². The molecule has 0 bridgehead atoms. The molecule has 3 unspecified atom stereocenters. The standard InChI is InChI=1S/C15H28N/c1-6-13(2)9-7-10-14(3)11-8-12-15(4)16-5/h13-16H,7-12H2,2-5H3. The van der Waals surface area contributed by atoms with Crippen molar-refractivity contribution in [3.63, 3.8) is 0 Å². The quantitative estimate of drug-likeness (QED) is 0.585. The van der Waals surface area contributed by atoms with Gasteiger partial charge < -0.3 is 5.32 Å². The van der Waals surface area contributed by atoms with Gasteiger partial charge in [-0.15, -0.1) is 0 Å². The normalized spacial score (nSPS) is 16.4. The van der Waals surface area contributed by atoms with Gasteiger partial charge in [-0.25, -0.2) is 0 Å². The smallest absolute Gasteiger partial charge is 0.0184 e. The highest BCUT2D eigenvalue weighted by Crippen LogP contribution is 2.17. The first kappa shape index (κ1) is 15.5. The zero-order valence-corrected chi connectivity index (χ0v) is 11.5. The first-order valence-electron chi connectivity index (χ1n) is 6.69. The maximum absolute atomic E-state index is 7.02. The van der Waals surface area contributed by atoms with Crippen LogP contribution in [0.2, 0.25) is 0 Å². The molecule has 1 N–H and O–H groups in total. The van der Waals surface area contributed by atoms with Crippen LogP contribution in [0.1, 0.15) is 59.3 Å². The Balaban J connectivity index is 3.38. The molecule has 0 aromatic heterocycles. The van der Waals surface area contributed by atoms with Crippen LogP contribution in [0.4, 0.5) is 0 Å². The third-order valence-corrected chi connectivity index (χ3v) is 3.41. The van der Waals surface area contributed by atoms with E-state index < -0.39 is 0 Å². The average Bonchev–Trinajstić information content (AvgIpc) is 2.28. The Labute approximate surface area is 102 Å². The molecule has 0 aliphatic heterocycles. The second kappa shape index (κ2) is 9.73. The molecular weight excluding hydrogens is 194 g/mol. The largest absolute Gasteiger partial charge is 0.317 e. The molecule has 0 rings (SSSR count). The first-order chi connectivity index (χ1) is 7.60. The number of hydrogen-bond donors (Lipinski definition) is 1. The van der Waals surface area contributed by atoms with Crippen LogP contribution in [0.5, 0.6) is 0 Å². The van der Waals surface area contributed by atoms with Crippen LogP contribution in [-0.2, 0) is 0 Å². The summed E-state index contributed by atoms with van der Waals surface area (Å²) < 4.78 is 0. The van der Waals surface area contributed by atoms with Gasteiger partial charge in [0.05, 0.1) is 0 Å². The predicted molar refractivity (Wildman–Crippen MR) is 71.7 cm³/mol. The molecule has 0 aliphatic rings. The molecule has 0 aromatic rings. The molecule has 0 saturated heterocycles. The second-order valence-corrected chi connectivity index (χ2v) is 5.20. The van der Waals surface area contributed by atoms with Crippen LogP contribution >= 0.6 is 0 Å². The Hall–Kier alpha value is -0.480. The summed E-state index contributed by atoms with van der Waals surface area (Å²) in [6.45, 7) is 6.67. The van der Waals surface area contributed by atoms with Gasteiger partial charge in [0.2, 0.25) is 0 Å². The maximum Gasteiger partial charge on any atom is 0.0184 e. The summed E-state index contributed by atoms with van der Waals surface area (Å²) in [4.78, 5) is 0. The summed E-state index contributed by atoms with van der Waals surface area (Å²) >= 11 is 0. The van der Waals surface area contributed by atoms with E-state index in [1.54, 1.807) is 0 Å². The minimum Gasteiger partial charge on any atom is -0.317 e. The van der Waals surface area contributed by atoms with Crippen LogP contribution in [0.15, 0.2) is 0 Å². The van der Waals surface area contributed by atoms with Crippen molar-refractivity contribution in [2.45, 2.75) is 65.3 Å². The Kier molecular flexibility index (Phi) is 9.43. The van der Waals surface area contributed by atoms with Crippen molar-refractivity contribution in [2.24, 2.45) is 11.8 Å². The molecule has 0 amide bonds. The summed E-state index contributed by atoms with van der Waals surface area (Å²) in [5, 5.41) is 3.28. The molecule has 0 heterocycles. The fourth-order valence-corrected chi connectivity index (χ4v) is 1.91. The van der Waals surface area contributed by atoms with E-state index in [0.717, 1.165) is 12.3 Å². The van der Waals surface area contributed by atoms with Crippen molar-refractivity contribution in [1.29, 1.82) is 0 Å². The molecule has 93 valence electrons.